The number of benzene rings is 3. The lowest BCUT2D eigenvalue weighted by atomic mass is 10.2. The Bertz CT molecular complexity index is 1220. The van der Waals surface area contributed by atoms with Crippen molar-refractivity contribution in [3.8, 4) is 17.2 Å². The lowest BCUT2D eigenvalue weighted by Gasteiger charge is -2.07. The Morgan fingerprint density at radius 1 is 1.07 bits per heavy atom. The van der Waals surface area contributed by atoms with Crippen LogP contribution in [0.5, 0.6) is 5.75 Å². The SMILES string of the molecule is O=C(Nc1ccc2oc(-c3ccc(O)c(Br)c3)nc2c1)c1cc(Cl)ccc1Cl. The van der Waals surface area contributed by atoms with Gasteiger partial charge >= 0.3 is 0 Å². The molecule has 0 unspecified atom stereocenters. The first-order valence-electron chi connectivity index (χ1n) is 8.06. The van der Waals surface area contributed by atoms with Crippen molar-refractivity contribution in [2.75, 3.05) is 5.32 Å². The van der Waals surface area contributed by atoms with Crippen LogP contribution in [0, 0.1) is 0 Å². The average Bonchev–Trinajstić information content (AvgIpc) is 3.09. The van der Waals surface area contributed by atoms with Crippen molar-refractivity contribution >= 4 is 61.8 Å². The van der Waals surface area contributed by atoms with Crippen molar-refractivity contribution in [2.45, 2.75) is 0 Å². The Labute approximate surface area is 178 Å². The van der Waals surface area contributed by atoms with Crippen molar-refractivity contribution in [3.63, 3.8) is 0 Å². The third-order valence-electron chi connectivity index (χ3n) is 4.01. The van der Waals surface area contributed by atoms with Gasteiger partial charge in [-0.2, -0.15) is 0 Å². The van der Waals surface area contributed by atoms with E-state index in [1.165, 1.54) is 6.07 Å². The number of hydrogen-bond donors (Lipinski definition) is 2. The molecule has 0 bridgehead atoms. The molecule has 0 saturated heterocycles. The van der Waals surface area contributed by atoms with E-state index in [0.717, 1.165) is 0 Å². The van der Waals surface area contributed by atoms with Crippen molar-refractivity contribution < 1.29 is 14.3 Å². The Morgan fingerprint density at radius 2 is 1.89 bits per heavy atom. The van der Waals surface area contributed by atoms with E-state index in [9.17, 15) is 9.90 Å². The van der Waals surface area contributed by atoms with Crippen molar-refractivity contribution in [2.24, 2.45) is 0 Å². The smallest absolute Gasteiger partial charge is 0.257 e. The van der Waals surface area contributed by atoms with E-state index in [4.69, 9.17) is 27.6 Å². The largest absolute Gasteiger partial charge is 0.507 e. The van der Waals surface area contributed by atoms with Crippen LogP contribution in [0.1, 0.15) is 10.4 Å². The fraction of sp³-hybridized carbons (Fsp3) is 0. The summed E-state index contributed by atoms with van der Waals surface area (Å²) in [7, 11) is 0. The van der Waals surface area contributed by atoms with Gasteiger partial charge in [-0.1, -0.05) is 23.2 Å². The molecule has 0 radical (unpaired) electrons. The number of phenolic OH excluding ortho intramolecular Hbond substituents is 1. The molecule has 2 N–H and O–H groups in total. The molecule has 0 spiro atoms. The molecule has 1 aromatic heterocycles. The first-order chi connectivity index (χ1) is 13.4. The molecule has 5 nitrogen and oxygen atoms in total. The second-order valence-electron chi connectivity index (χ2n) is 5.95. The molecule has 1 heterocycles. The zero-order valence-electron chi connectivity index (χ0n) is 14.0. The summed E-state index contributed by atoms with van der Waals surface area (Å²) in [5.41, 5.74) is 2.67. The van der Waals surface area contributed by atoms with Crippen LogP contribution in [0.4, 0.5) is 5.69 Å². The molecule has 0 aliphatic carbocycles. The number of hydrogen-bond acceptors (Lipinski definition) is 4. The van der Waals surface area contributed by atoms with Crippen molar-refractivity contribution in [1.29, 1.82) is 0 Å². The molecule has 0 saturated carbocycles. The number of halogens is 3. The van der Waals surface area contributed by atoms with Crippen LogP contribution in [0.25, 0.3) is 22.6 Å². The van der Waals surface area contributed by atoms with Gasteiger partial charge in [0.2, 0.25) is 5.89 Å². The zero-order valence-corrected chi connectivity index (χ0v) is 17.1. The highest BCUT2D eigenvalue weighted by molar-refractivity contribution is 9.10. The van der Waals surface area contributed by atoms with Gasteiger partial charge < -0.3 is 14.8 Å². The Morgan fingerprint density at radius 3 is 2.68 bits per heavy atom. The molecule has 1 amide bonds. The highest BCUT2D eigenvalue weighted by Gasteiger charge is 2.14. The molecule has 140 valence electrons. The molecule has 3 aromatic carbocycles. The van der Waals surface area contributed by atoms with E-state index in [2.05, 4.69) is 26.2 Å². The van der Waals surface area contributed by atoms with Crippen LogP contribution < -0.4 is 5.32 Å². The molecule has 0 aliphatic rings. The van der Waals surface area contributed by atoms with Gasteiger partial charge in [0, 0.05) is 16.3 Å². The molecule has 8 heteroatoms. The number of aromatic hydroxyl groups is 1. The maximum absolute atomic E-state index is 12.5. The number of anilines is 1. The van der Waals surface area contributed by atoms with Gasteiger partial charge in [0.25, 0.3) is 5.91 Å². The quantitative estimate of drug-likeness (QED) is 0.352. The highest BCUT2D eigenvalue weighted by Crippen LogP contribution is 2.32. The maximum atomic E-state index is 12.5. The first kappa shape index (κ1) is 18.8. The Kier molecular flexibility index (Phi) is 5.02. The number of oxazole rings is 1. The molecular formula is C20H11BrCl2N2O3. The van der Waals surface area contributed by atoms with Crippen molar-refractivity contribution in [1.82, 2.24) is 4.98 Å². The third kappa shape index (κ3) is 3.71. The number of aromatic nitrogens is 1. The summed E-state index contributed by atoms with van der Waals surface area (Å²) in [4.78, 5) is 17.0. The minimum absolute atomic E-state index is 0.129. The monoisotopic (exact) mass is 476 g/mol. The molecular weight excluding hydrogens is 467 g/mol. The minimum Gasteiger partial charge on any atom is -0.507 e. The standard InChI is InChI=1S/C20H11BrCl2N2O3/c21-14-7-10(1-5-17(14)26)20-25-16-9-12(3-6-18(16)28-20)24-19(27)13-8-11(22)2-4-15(13)23/h1-9,26H,(H,24,27). The van der Waals surface area contributed by atoms with Crippen LogP contribution in [0.2, 0.25) is 10.0 Å². The van der Waals surface area contributed by atoms with Gasteiger partial charge in [-0.3, -0.25) is 4.79 Å². The van der Waals surface area contributed by atoms with Crippen LogP contribution in [-0.4, -0.2) is 16.0 Å². The number of nitrogens with zero attached hydrogens (tertiary/aromatic N) is 1. The number of amides is 1. The van der Waals surface area contributed by atoms with Crippen LogP contribution in [0.15, 0.2) is 63.5 Å². The molecule has 4 aromatic rings. The zero-order chi connectivity index (χ0) is 19.8. The number of carbonyl (C=O) groups excluding carboxylic acids is 1. The summed E-state index contributed by atoms with van der Waals surface area (Å²) in [6.07, 6.45) is 0. The lowest BCUT2D eigenvalue weighted by Crippen LogP contribution is -2.12. The van der Waals surface area contributed by atoms with Crippen LogP contribution in [-0.2, 0) is 0 Å². The number of carbonyl (C=O) groups is 1. The van der Waals surface area contributed by atoms with Crippen molar-refractivity contribution in [3.05, 3.63) is 74.7 Å². The average molecular weight is 478 g/mol. The highest BCUT2D eigenvalue weighted by atomic mass is 79.9. The first-order valence-corrected chi connectivity index (χ1v) is 9.61. The van der Waals surface area contributed by atoms with E-state index in [1.54, 1.807) is 48.5 Å². The summed E-state index contributed by atoms with van der Waals surface area (Å²) in [5, 5.41) is 13.1. The summed E-state index contributed by atoms with van der Waals surface area (Å²) in [6, 6.07) is 14.8. The number of fused-ring (bicyclic) bond motifs is 1. The van der Waals surface area contributed by atoms with Gasteiger partial charge in [-0.15, -0.1) is 0 Å². The van der Waals surface area contributed by atoms with E-state index in [1.807, 2.05) is 0 Å². The third-order valence-corrected chi connectivity index (χ3v) is 5.21. The number of phenols is 1. The lowest BCUT2D eigenvalue weighted by molar-refractivity contribution is 0.102. The van der Waals surface area contributed by atoms with E-state index in [0.29, 0.717) is 42.8 Å². The molecule has 4 rings (SSSR count). The van der Waals surface area contributed by atoms with E-state index in [-0.39, 0.29) is 17.2 Å². The van der Waals surface area contributed by atoms with Crippen LogP contribution >= 0.6 is 39.1 Å². The van der Waals surface area contributed by atoms with Gasteiger partial charge in [-0.25, -0.2) is 4.98 Å². The predicted octanol–water partition coefficient (Wildman–Crippen LogP) is 6.52. The Hall–Kier alpha value is -2.54. The van der Waals surface area contributed by atoms with Gasteiger partial charge in [0.15, 0.2) is 5.58 Å². The van der Waals surface area contributed by atoms with E-state index >= 15 is 0 Å². The topological polar surface area (TPSA) is 75.4 Å². The fourth-order valence-corrected chi connectivity index (χ4v) is 3.39. The number of rotatable bonds is 3. The van der Waals surface area contributed by atoms with Gasteiger partial charge in [0.1, 0.15) is 11.3 Å². The molecule has 0 aliphatic heterocycles. The predicted molar refractivity (Wildman–Crippen MR) is 113 cm³/mol. The summed E-state index contributed by atoms with van der Waals surface area (Å²) in [6.45, 7) is 0. The summed E-state index contributed by atoms with van der Waals surface area (Å²) < 4.78 is 6.30. The second kappa shape index (κ2) is 7.47. The summed E-state index contributed by atoms with van der Waals surface area (Å²) in [5.74, 6) is 0.152. The molecule has 0 atom stereocenters. The maximum Gasteiger partial charge on any atom is 0.257 e. The fourth-order valence-electron chi connectivity index (χ4n) is 2.64. The summed E-state index contributed by atoms with van der Waals surface area (Å²) >= 11 is 15.3. The van der Waals surface area contributed by atoms with Gasteiger partial charge in [0.05, 0.1) is 15.1 Å². The Balaban J connectivity index is 1.63. The molecule has 0 fully saturated rings. The molecule has 28 heavy (non-hydrogen) atoms. The minimum atomic E-state index is -0.377. The van der Waals surface area contributed by atoms with Gasteiger partial charge in [-0.05, 0) is 70.5 Å². The van der Waals surface area contributed by atoms with E-state index < -0.39 is 0 Å². The van der Waals surface area contributed by atoms with Crippen LogP contribution in [0.3, 0.4) is 0 Å². The number of nitrogens with one attached hydrogen (secondary N) is 1. The second-order valence-corrected chi connectivity index (χ2v) is 7.64. The normalized spacial score (nSPS) is 11.0.